The summed E-state index contributed by atoms with van der Waals surface area (Å²) in [5, 5.41) is 7.91. The molecule has 0 bridgehead atoms. The van der Waals surface area contributed by atoms with Gasteiger partial charge in [0.15, 0.2) is 0 Å². The molecular weight excluding hydrogens is 170 g/mol. The average molecular weight is 187 g/mol. The zero-order valence-electron chi connectivity index (χ0n) is 8.31. The molecule has 0 spiro atoms. The molecule has 3 N–H and O–H groups in total. The van der Waals surface area contributed by atoms with Gasteiger partial charge in [0.05, 0.1) is 12.6 Å². The molecule has 0 rings (SSSR count). The number of amides is 2. The van der Waals surface area contributed by atoms with Crippen molar-refractivity contribution in [3.63, 3.8) is 0 Å². The van der Waals surface area contributed by atoms with E-state index >= 15 is 0 Å². The Kier molecular flexibility index (Phi) is 5.88. The molecule has 0 radical (unpaired) electrons. The summed E-state index contributed by atoms with van der Waals surface area (Å²) in [6, 6.07) is -0.336. The Morgan fingerprint density at radius 2 is 2.00 bits per heavy atom. The molecule has 1 atom stereocenters. The topological polar surface area (TPSA) is 70.2 Å². The third kappa shape index (κ3) is 5.19. The Bertz CT molecular complexity index is 182. The van der Waals surface area contributed by atoms with E-state index in [4.69, 9.17) is 0 Å². The van der Waals surface area contributed by atoms with E-state index in [0.29, 0.717) is 6.54 Å². The number of rotatable bonds is 5. The van der Waals surface area contributed by atoms with Gasteiger partial charge in [-0.15, -0.1) is 0 Å². The summed E-state index contributed by atoms with van der Waals surface area (Å²) in [5.41, 5.74) is 0. The van der Waals surface area contributed by atoms with Gasteiger partial charge in [0.2, 0.25) is 11.8 Å². The summed E-state index contributed by atoms with van der Waals surface area (Å²) in [5.74, 6) is -0.220. The molecule has 0 aromatic carbocycles. The van der Waals surface area contributed by atoms with Gasteiger partial charge >= 0.3 is 0 Å². The minimum atomic E-state index is -0.336. The third-order valence-corrected chi connectivity index (χ3v) is 1.59. The zero-order chi connectivity index (χ0) is 10.3. The van der Waals surface area contributed by atoms with Gasteiger partial charge in [-0.2, -0.15) is 0 Å². The van der Waals surface area contributed by atoms with Crippen LogP contribution in [0.1, 0.15) is 13.8 Å². The summed E-state index contributed by atoms with van der Waals surface area (Å²) >= 11 is 0. The van der Waals surface area contributed by atoms with Crippen molar-refractivity contribution >= 4 is 11.8 Å². The Morgan fingerprint density at radius 1 is 1.38 bits per heavy atom. The van der Waals surface area contributed by atoms with Gasteiger partial charge in [0, 0.05) is 13.6 Å². The summed E-state index contributed by atoms with van der Waals surface area (Å²) in [6.07, 6.45) is 0. The highest BCUT2D eigenvalue weighted by Crippen LogP contribution is 1.80. The van der Waals surface area contributed by atoms with Crippen molar-refractivity contribution in [1.82, 2.24) is 16.0 Å². The average Bonchev–Trinajstić information content (AvgIpc) is 2.13. The highest BCUT2D eigenvalue weighted by molar-refractivity contribution is 5.83. The standard InChI is InChI=1S/C8H17N3O2/c1-4-10-8(13)6(2)11-5-7(12)9-3/h6,11H,4-5H2,1-3H3,(H,9,12)(H,10,13). The molecule has 0 heterocycles. The number of likely N-dealkylation sites (N-methyl/N-ethyl adjacent to an activating group) is 2. The first-order valence-corrected chi connectivity index (χ1v) is 4.33. The molecular formula is C8H17N3O2. The fraction of sp³-hybridized carbons (Fsp3) is 0.750. The van der Waals surface area contributed by atoms with Crippen LogP contribution in [0.2, 0.25) is 0 Å². The first kappa shape index (κ1) is 11.9. The zero-order valence-corrected chi connectivity index (χ0v) is 8.31. The van der Waals surface area contributed by atoms with Crippen LogP contribution in [0.4, 0.5) is 0 Å². The number of nitrogens with one attached hydrogen (secondary N) is 3. The second kappa shape index (κ2) is 6.42. The summed E-state index contributed by atoms with van der Waals surface area (Å²) < 4.78 is 0. The maximum Gasteiger partial charge on any atom is 0.236 e. The predicted octanol–water partition coefficient (Wildman–Crippen LogP) is -1.15. The molecule has 1 unspecified atom stereocenters. The minimum Gasteiger partial charge on any atom is -0.358 e. The molecule has 76 valence electrons. The molecule has 5 heteroatoms. The highest BCUT2D eigenvalue weighted by Gasteiger charge is 2.11. The maximum atomic E-state index is 11.1. The number of carbonyl (C=O) groups excluding carboxylic acids is 2. The first-order chi connectivity index (χ1) is 6.11. The van der Waals surface area contributed by atoms with Crippen LogP contribution < -0.4 is 16.0 Å². The van der Waals surface area contributed by atoms with E-state index in [-0.39, 0.29) is 24.4 Å². The largest absolute Gasteiger partial charge is 0.358 e. The van der Waals surface area contributed by atoms with Crippen molar-refractivity contribution in [3.05, 3.63) is 0 Å². The molecule has 5 nitrogen and oxygen atoms in total. The molecule has 0 aliphatic heterocycles. The summed E-state index contributed by atoms with van der Waals surface area (Å²) in [7, 11) is 1.56. The Hall–Kier alpha value is -1.10. The van der Waals surface area contributed by atoms with Crippen LogP contribution >= 0.6 is 0 Å². The Morgan fingerprint density at radius 3 is 2.46 bits per heavy atom. The van der Waals surface area contributed by atoms with E-state index in [9.17, 15) is 9.59 Å². The smallest absolute Gasteiger partial charge is 0.236 e. The van der Waals surface area contributed by atoms with Gasteiger partial charge in [-0.05, 0) is 13.8 Å². The molecule has 0 saturated carbocycles. The van der Waals surface area contributed by atoms with Crippen LogP contribution in [-0.2, 0) is 9.59 Å². The van der Waals surface area contributed by atoms with Crippen LogP contribution in [0.5, 0.6) is 0 Å². The fourth-order valence-corrected chi connectivity index (χ4v) is 0.754. The predicted molar refractivity (Wildman–Crippen MR) is 50.2 cm³/mol. The summed E-state index contributed by atoms with van der Waals surface area (Å²) in [4.78, 5) is 21.9. The lowest BCUT2D eigenvalue weighted by molar-refractivity contribution is -0.123. The molecule has 13 heavy (non-hydrogen) atoms. The van der Waals surface area contributed by atoms with Gasteiger partial charge in [-0.25, -0.2) is 0 Å². The lowest BCUT2D eigenvalue weighted by atomic mass is 10.3. The van der Waals surface area contributed by atoms with E-state index in [0.717, 1.165) is 0 Å². The molecule has 0 aliphatic rings. The van der Waals surface area contributed by atoms with Gasteiger partial charge in [-0.1, -0.05) is 0 Å². The quantitative estimate of drug-likeness (QED) is 0.509. The van der Waals surface area contributed by atoms with Gasteiger partial charge in [-0.3, -0.25) is 14.9 Å². The van der Waals surface area contributed by atoms with Crippen LogP contribution in [0.25, 0.3) is 0 Å². The first-order valence-electron chi connectivity index (χ1n) is 4.33. The molecule has 2 amide bonds. The van der Waals surface area contributed by atoms with Crippen LogP contribution in [-0.4, -0.2) is 38.0 Å². The van der Waals surface area contributed by atoms with E-state index < -0.39 is 0 Å². The van der Waals surface area contributed by atoms with Crippen molar-refractivity contribution < 1.29 is 9.59 Å². The van der Waals surface area contributed by atoms with Gasteiger partial charge in [0.25, 0.3) is 0 Å². The van der Waals surface area contributed by atoms with Crippen LogP contribution in [0.3, 0.4) is 0 Å². The fourth-order valence-electron chi connectivity index (χ4n) is 0.754. The van der Waals surface area contributed by atoms with Gasteiger partial charge < -0.3 is 10.6 Å². The molecule has 0 aliphatic carbocycles. The van der Waals surface area contributed by atoms with Gasteiger partial charge in [0.1, 0.15) is 0 Å². The highest BCUT2D eigenvalue weighted by atomic mass is 16.2. The lowest BCUT2D eigenvalue weighted by Crippen LogP contribution is -2.45. The van der Waals surface area contributed by atoms with Crippen molar-refractivity contribution in [2.45, 2.75) is 19.9 Å². The molecule has 0 fully saturated rings. The van der Waals surface area contributed by atoms with E-state index in [2.05, 4.69) is 16.0 Å². The Labute approximate surface area is 78.3 Å². The maximum absolute atomic E-state index is 11.1. The Balaban J connectivity index is 3.67. The van der Waals surface area contributed by atoms with E-state index in [1.165, 1.54) is 0 Å². The van der Waals surface area contributed by atoms with Crippen molar-refractivity contribution in [1.29, 1.82) is 0 Å². The van der Waals surface area contributed by atoms with Crippen molar-refractivity contribution in [2.75, 3.05) is 20.1 Å². The van der Waals surface area contributed by atoms with Crippen LogP contribution in [0, 0.1) is 0 Å². The second-order valence-electron chi connectivity index (χ2n) is 2.67. The number of hydrogen-bond acceptors (Lipinski definition) is 3. The number of hydrogen-bond donors (Lipinski definition) is 3. The number of carbonyl (C=O) groups is 2. The summed E-state index contributed by atoms with van der Waals surface area (Å²) in [6.45, 7) is 4.33. The van der Waals surface area contributed by atoms with Crippen molar-refractivity contribution in [2.24, 2.45) is 0 Å². The monoisotopic (exact) mass is 187 g/mol. The normalized spacial score (nSPS) is 11.9. The van der Waals surface area contributed by atoms with Crippen molar-refractivity contribution in [3.8, 4) is 0 Å². The minimum absolute atomic E-state index is 0.0913. The third-order valence-electron chi connectivity index (χ3n) is 1.59. The molecule has 0 aromatic heterocycles. The second-order valence-corrected chi connectivity index (χ2v) is 2.67. The molecule has 0 saturated heterocycles. The molecule has 0 aromatic rings. The SMILES string of the molecule is CCNC(=O)C(C)NCC(=O)NC. The van der Waals surface area contributed by atoms with Crippen LogP contribution in [0.15, 0.2) is 0 Å². The van der Waals surface area contributed by atoms with E-state index in [1.807, 2.05) is 6.92 Å². The lowest BCUT2D eigenvalue weighted by Gasteiger charge is -2.12. The van der Waals surface area contributed by atoms with E-state index in [1.54, 1.807) is 14.0 Å².